The van der Waals surface area contributed by atoms with E-state index in [0.29, 0.717) is 10.9 Å². The van der Waals surface area contributed by atoms with Gasteiger partial charge in [0.1, 0.15) is 5.82 Å². The van der Waals surface area contributed by atoms with E-state index in [1.807, 2.05) is 35.4 Å². The minimum absolute atomic E-state index is 0.0475. The molecule has 0 atom stereocenters. The maximum atomic E-state index is 12.4. The molecule has 0 aliphatic carbocycles. The molecule has 1 fully saturated rings. The summed E-state index contributed by atoms with van der Waals surface area (Å²) in [7, 11) is 0. The number of amides is 1. The van der Waals surface area contributed by atoms with Gasteiger partial charge in [-0.1, -0.05) is 43.6 Å². The number of rotatable bonds is 6. The van der Waals surface area contributed by atoms with Crippen molar-refractivity contribution in [2.24, 2.45) is 0 Å². The Morgan fingerprint density at radius 2 is 1.93 bits per heavy atom. The Hall–Kier alpha value is -2.11. The van der Waals surface area contributed by atoms with Crippen LogP contribution in [0.5, 0.6) is 0 Å². The minimum Gasteiger partial charge on any atom is -0.337 e. The largest absolute Gasteiger partial charge is 0.337 e. The average Bonchev–Trinajstić information content (AvgIpc) is 3.15. The zero-order valence-electron chi connectivity index (χ0n) is 16.0. The van der Waals surface area contributed by atoms with Gasteiger partial charge in [-0.05, 0) is 17.7 Å². The first-order valence-corrected chi connectivity index (χ1v) is 9.87. The smallest absolute Gasteiger partial charge is 0.246 e. The van der Waals surface area contributed by atoms with Gasteiger partial charge in [-0.3, -0.25) is 9.69 Å². The predicted molar refractivity (Wildman–Crippen MR) is 110 cm³/mol. The third-order valence-electron chi connectivity index (χ3n) is 4.92. The summed E-state index contributed by atoms with van der Waals surface area (Å²) in [6.07, 6.45) is 7.34. The summed E-state index contributed by atoms with van der Waals surface area (Å²) in [6.45, 7) is 9.56. The maximum absolute atomic E-state index is 12.4. The van der Waals surface area contributed by atoms with Gasteiger partial charge in [0.25, 0.3) is 0 Å². The average molecular weight is 387 g/mol. The quantitative estimate of drug-likeness (QED) is 0.713. The van der Waals surface area contributed by atoms with Crippen LogP contribution in [0.4, 0.5) is 0 Å². The Bertz CT molecular complexity index is 791. The summed E-state index contributed by atoms with van der Waals surface area (Å²) in [4.78, 5) is 21.2. The van der Waals surface area contributed by atoms with E-state index in [0.717, 1.165) is 50.7 Å². The number of hydrogen-bond acceptors (Lipinski definition) is 3. The van der Waals surface area contributed by atoms with Crippen LogP contribution < -0.4 is 0 Å². The molecule has 0 spiro atoms. The summed E-state index contributed by atoms with van der Waals surface area (Å²) >= 11 is 6.13. The lowest BCUT2D eigenvalue weighted by molar-refractivity contribution is -0.127. The molecular weight excluding hydrogens is 360 g/mol. The second kappa shape index (κ2) is 9.20. The molecule has 0 radical (unpaired) electrons. The van der Waals surface area contributed by atoms with Crippen molar-refractivity contribution in [3.05, 3.63) is 59.1 Å². The Kier molecular flexibility index (Phi) is 6.69. The highest BCUT2D eigenvalue weighted by molar-refractivity contribution is 6.32. The SMILES string of the molecule is CC(C)c1nccn1CCN1CCN(C(=O)/C=C/c2ccccc2Cl)CC1. The second-order valence-electron chi connectivity index (χ2n) is 7.16. The molecule has 0 bridgehead atoms. The van der Waals surface area contributed by atoms with Crippen LogP contribution in [-0.2, 0) is 11.3 Å². The van der Waals surface area contributed by atoms with E-state index >= 15 is 0 Å². The first-order valence-electron chi connectivity index (χ1n) is 9.49. The van der Waals surface area contributed by atoms with Crippen LogP contribution in [0.2, 0.25) is 5.02 Å². The van der Waals surface area contributed by atoms with E-state index in [1.54, 1.807) is 12.2 Å². The van der Waals surface area contributed by atoms with Crippen molar-refractivity contribution >= 4 is 23.6 Å². The van der Waals surface area contributed by atoms with E-state index in [2.05, 4.69) is 34.5 Å². The van der Waals surface area contributed by atoms with Crippen LogP contribution in [0.3, 0.4) is 0 Å². The molecule has 1 saturated heterocycles. The first kappa shape index (κ1) is 19.6. The van der Waals surface area contributed by atoms with E-state index in [9.17, 15) is 4.79 Å². The standard InChI is InChI=1S/C21H27ClN4O/c1-17(2)21-23-9-10-26(21)16-13-24-11-14-25(15-12-24)20(27)8-7-18-5-3-4-6-19(18)22/h3-10,17H,11-16H2,1-2H3/b8-7+. The molecule has 2 aromatic rings. The van der Waals surface area contributed by atoms with Crippen molar-refractivity contribution in [1.29, 1.82) is 0 Å². The lowest BCUT2D eigenvalue weighted by Gasteiger charge is -2.34. The van der Waals surface area contributed by atoms with E-state index in [4.69, 9.17) is 11.6 Å². The van der Waals surface area contributed by atoms with Gasteiger partial charge in [0.05, 0.1) is 0 Å². The molecule has 0 unspecified atom stereocenters. The number of carbonyl (C=O) groups is 1. The third-order valence-corrected chi connectivity index (χ3v) is 5.26. The second-order valence-corrected chi connectivity index (χ2v) is 7.56. The summed E-state index contributed by atoms with van der Waals surface area (Å²) in [5, 5.41) is 0.659. The molecule has 0 saturated carbocycles. The number of aromatic nitrogens is 2. The molecule has 1 aromatic heterocycles. The molecule has 1 aliphatic rings. The van der Waals surface area contributed by atoms with Gasteiger partial charge in [-0.2, -0.15) is 0 Å². The number of piperazine rings is 1. The number of nitrogens with zero attached hydrogens (tertiary/aromatic N) is 4. The van der Waals surface area contributed by atoms with Crippen molar-refractivity contribution in [2.75, 3.05) is 32.7 Å². The molecule has 3 rings (SSSR count). The fourth-order valence-electron chi connectivity index (χ4n) is 3.33. The van der Waals surface area contributed by atoms with Crippen LogP contribution in [0.15, 0.2) is 42.7 Å². The molecule has 6 heteroatoms. The molecule has 1 aliphatic heterocycles. The Balaban J connectivity index is 1.46. The van der Waals surface area contributed by atoms with Gasteiger partial charge in [-0.25, -0.2) is 4.98 Å². The molecule has 144 valence electrons. The highest BCUT2D eigenvalue weighted by atomic mass is 35.5. The van der Waals surface area contributed by atoms with Gasteiger partial charge < -0.3 is 9.47 Å². The summed E-state index contributed by atoms with van der Waals surface area (Å²) in [5.41, 5.74) is 0.868. The molecule has 5 nitrogen and oxygen atoms in total. The first-order chi connectivity index (χ1) is 13.0. The van der Waals surface area contributed by atoms with Gasteiger partial charge in [0.15, 0.2) is 0 Å². The highest BCUT2D eigenvalue weighted by Gasteiger charge is 2.19. The van der Waals surface area contributed by atoms with Crippen molar-refractivity contribution in [1.82, 2.24) is 19.4 Å². The van der Waals surface area contributed by atoms with Crippen molar-refractivity contribution in [3.63, 3.8) is 0 Å². The molecule has 27 heavy (non-hydrogen) atoms. The zero-order valence-corrected chi connectivity index (χ0v) is 16.8. The van der Waals surface area contributed by atoms with Crippen LogP contribution >= 0.6 is 11.6 Å². The van der Waals surface area contributed by atoms with Gasteiger partial charge in [0, 0.05) is 68.7 Å². The third kappa shape index (κ3) is 5.21. The molecule has 2 heterocycles. The van der Waals surface area contributed by atoms with Crippen LogP contribution in [0.1, 0.15) is 31.2 Å². The number of halogens is 1. The maximum Gasteiger partial charge on any atom is 0.246 e. The number of imidazole rings is 1. The molecule has 1 amide bonds. The highest BCUT2D eigenvalue weighted by Crippen LogP contribution is 2.16. The lowest BCUT2D eigenvalue weighted by Crippen LogP contribution is -2.48. The summed E-state index contributed by atoms with van der Waals surface area (Å²) in [5.74, 6) is 1.61. The fourth-order valence-corrected chi connectivity index (χ4v) is 3.53. The molecular formula is C21H27ClN4O. The fraction of sp³-hybridized carbons (Fsp3) is 0.429. The van der Waals surface area contributed by atoms with E-state index in [1.165, 1.54) is 0 Å². The zero-order chi connectivity index (χ0) is 19.2. The minimum atomic E-state index is 0.0475. The predicted octanol–water partition coefficient (Wildman–Crippen LogP) is 3.52. The van der Waals surface area contributed by atoms with Gasteiger partial charge in [-0.15, -0.1) is 0 Å². The summed E-state index contributed by atoms with van der Waals surface area (Å²) < 4.78 is 2.23. The normalized spacial score (nSPS) is 15.8. The molecule has 0 N–H and O–H groups in total. The number of carbonyl (C=O) groups excluding carboxylic acids is 1. The Morgan fingerprint density at radius 1 is 1.19 bits per heavy atom. The van der Waals surface area contributed by atoms with Gasteiger partial charge >= 0.3 is 0 Å². The number of benzene rings is 1. The molecule has 1 aromatic carbocycles. The topological polar surface area (TPSA) is 41.4 Å². The number of hydrogen-bond donors (Lipinski definition) is 0. The Morgan fingerprint density at radius 3 is 2.63 bits per heavy atom. The van der Waals surface area contributed by atoms with Gasteiger partial charge in [0.2, 0.25) is 5.91 Å². The van der Waals surface area contributed by atoms with Crippen LogP contribution in [0, 0.1) is 0 Å². The monoisotopic (exact) mass is 386 g/mol. The van der Waals surface area contributed by atoms with Crippen LogP contribution in [0.25, 0.3) is 6.08 Å². The lowest BCUT2D eigenvalue weighted by atomic mass is 10.2. The summed E-state index contributed by atoms with van der Waals surface area (Å²) in [6, 6.07) is 7.54. The van der Waals surface area contributed by atoms with Crippen molar-refractivity contribution < 1.29 is 4.79 Å². The van der Waals surface area contributed by atoms with Crippen molar-refractivity contribution in [2.45, 2.75) is 26.3 Å². The van der Waals surface area contributed by atoms with Crippen LogP contribution in [-0.4, -0.2) is 58.0 Å². The van der Waals surface area contributed by atoms with E-state index < -0.39 is 0 Å². The van der Waals surface area contributed by atoms with Crippen molar-refractivity contribution in [3.8, 4) is 0 Å². The Labute approximate surface area is 166 Å². The van der Waals surface area contributed by atoms with E-state index in [-0.39, 0.29) is 5.91 Å².